The third-order valence-electron chi connectivity index (χ3n) is 2.75. The van der Waals surface area contributed by atoms with E-state index in [-0.39, 0.29) is 5.91 Å². The first-order chi connectivity index (χ1) is 9.65. The van der Waals surface area contributed by atoms with Crippen LogP contribution in [-0.4, -0.2) is 5.91 Å². The molecule has 0 radical (unpaired) electrons. The summed E-state index contributed by atoms with van der Waals surface area (Å²) in [4.78, 5) is 13.2. The lowest BCUT2D eigenvalue weighted by Gasteiger charge is -2.06. The van der Waals surface area contributed by atoms with Crippen LogP contribution in [0.2, 0.25) is 0 Å². The Labute approximate surface area is 123 Å². The third kappa shape index (κ3) is 4.28. The van der Waals surface area contributed by atoms with Gasteiger partial charge in [0.2, 0.25) is 0 Å². The maximum absolute atomic E-state index is 12.1. The number of nitrogens with one attached hydrogen (secondary N) is 1. The third-order valence-corrected chi connectivity index (χ3v) is 3.76. The molecule has 0 heterocycles. The smallest absolute Gasteiger partial charge is 0.251 e. The van der Waals surface area contributed by atoms with Crippen molar-refractivity contribution in [3.05, 3.63) is 71.1 Å². The van der Waals surface area contributed by atoms with E-state index in [1.807, 2.05) is 73.9 Å². The van der Waals surface area contributed by atoms with Gasteiger partial charge in [0.15, 0.2) is 0 Å². The number of aryl methyl sites for hydroxylation is 1. The molecule has 2 aromatic carbocycles. The van der Waals surface area contributed by atoms with Gasteiger partial charge in [0.1, 0.15) is 0 Å². The Bertz CT molecular complexity index is 620. The van der Waals surface area contributed by atoms with E-state index in [0.717, 1.165) is 16.1 Å². The molecule has 0 saturated heterocycles. The zero-order valence-corrected chi connectivity index (χ0v) is 12.4. The van der Waals surface area contributed by atoms with E-state index < -0.39 is 0 Å². The van der Waals surface area contributed by atoms with Gasteiger partial charge in [-0.15, -0.1) is 0 Å². The molecule has 0 aliphatic rings. The van der Waals surface area contributed by atoms with Crippen LogP contribution in [0.3, 0.4) is 0 Å². The van der Waals surface area contributed by atoms with Crippen LogP contribution >= 0.6 is 11.8 Å². The van der Waals surface area contributed by atoms with Crippen LogP contribution in [0.4, 0.5) is 5.69 Å². The molecule has 102 valence electrons. The Balaban J connectivity index is 1.98. The van der Waals surface area contributed by atoms with E-state index in [9.17, 15) is 4.79 Å². The molecule has 1 N–H and O–H groups in total. The lowest BCUT2D eigenvalue weighted by atomic mass is 10.2. The van der Waals surface area contributed by atoms with Crippen molar-refractivity contribution in [2.75, 3.05) is 5.32 Å². The monoisotopic (exact) mass is 283 g/mol. The van der Waals surface area contributed by atoms with E-state index in [0.29, 0.717) is 5.57 Å². The average Bonchev–Trinajstić information content (AvgIpc) is 2.46. The number of carbonyl (C=O) groups excluding carboxylic acids is 1. The molecule has 0 aliphatic heterocycles. The summed E-state index contributed by atoms with van der Waals surface area (Å²) in [5.41, 5.74) is 2.65. The Morgan fingerprint density at radius 3 is 2.55 bits per heavy atom. The van der Waals surface area contributed by atoms with Gasteiger partial charge in [-0.1, -0.05) is 42.1 Å². The molecule has 0 bridgehead atoms. The number of hydrogen-bond donors (Lipinski definition) is 1. The first kappa shape index (κ1) is 14.4. The van der Waals surface area contributed by atoms with Crippen molar-refractivity contribution >= 4 is 23.4 Å². The summed E-state index contributed by atoms with van der Waals surface area (Å²) in [5.74, 6) is -0.0703. The molecule has 20 heavy (non-hydrogen) atoms. The van der Waals surface area contributed by atoms with Crippen molar-refractivity contribution in [3.63, 3.8) is 0 Å². The number of thioether (sulfide) groups is 1. The van der Waals surface area contributed by atoms with Gasteiger partial charge in [0, 0.05) is 16.2 Å². The van der Waals surface area contributed by atoms with Crippen LogP contribution in [0.5, 0.6) is 0 Å². The van der Waals surface area contributed by atoms with Crippen molar-refractivity contribution in [3.8, 4) is 0 Å². The zero-order valence-electron chi connectivity index (χ0n) is 11.6. The number of hydrogen-bond acceptors (Lipinski definition) is 2. The molecule has 2 aromatic rings. The molecule has 0 saturated carbocycles. The summed E-state index contributed by atoms with van der Waals surface area (Å²) in [7, 11) is 0. The standard InChI is InChI=1S/C17H17NOS/c1-13-7-6-8-15(11-13)18-17(19)14(2)12-20-16-9-4-3-5-10-16/h3-12H,1-2H3,(H,18,19). The van der Waals surface area contributed by atoms with E-state index in [2.05, 4.69) is 5.32 Å². The molecule has 0 fully saturated rings. The second kappa shape index (κ2) is 6.96. The zero-order chi connectivity index (χ0) is 14.4. The maximum Gasteiger partial charge on any atom is 0.251 e. The highest BCUT2D eigenvalue weighted by molar-refractivity contribution is 8.02. The number of rotatable bonds is 4. The Morgan fingerprint density at radius 2 is 1.85 bits per heavy atom. The minimum atomic E-state index is -0.0703. The van der Waals surface area contributed by atoms with E-state index >= 15 is 0 Å². The molecule has 0 aliphatic carbocycles. The maximum atomic E-state index is 12.1. The van der Waals surface area contributed by atoms with Crippen molar-refractivity contribution in [2.45, 2.75) is 18.7 Å². The largest absolute Gasteiger partial charge is 0.322 e. The van der Waals surface area contributed by atoms with Crippen molar-refractivity contribution in [2.24, 2.45) is 0 Å². The van der Waals surface area contributed by atoms with Gasteiger partial charge in [-0.05, 0) is 49.1 Å². The molecule has 2 nitrogen and oxygen atoms in total. The summed E-state index contributed by atoms with van der Waals surface area (Å²) in [6.07, 6.45) is 0. The van der Waals surface area contributed by atoms with Gasteiger partial charge in [-0.2, -0.15) is 0 Å². The highest BCUT2D eigenvalue weighted by atomic mass is 32.2. The summed E-state index contributed by atoms with van der Waals surface area (Å²) in [6, 6.07) is 17.8. The normalized spacial score (nSPS) is 11.2. The van der Waals surface area contributed by atoms with Crippen LogP contribution in [0, 0.1) is 6.92 Å². The van der Waals surface area contributed by atoms with Crippen LogP contribution < -0.4 is 5.32 Å². The molecule has 0 atom stereocenters. The highest BCUT2D eigenvalue weighted by Crippen LogP contribution is 2.20. The van der Waals surface area contributed by atoms with Gasteiger partial charge in [0.25, 0.3) is 5.91 Å². The van der Waals surface area contributed by atoms with Gasteiger partial charge in [0.05, 0.1) is 0 Å². The fourth-order valence-corrected chi connectivity index (χ4v) is 2.40. The Morgan fingerprint density at radius 1 is 1.10 bits per heavy atom. The SMILES string of the molecule is CC(=CSc1ccccc1)C(=O)Nc1cccc(C)c1. The number of anilines is 1. The molecule has 0 unspecified atom stereocenters. The number of carbonyl (C=O) groups is 1. The van der Waals surface area contributed by atoms with E-state index in [4.69, 9.17) is 0 Å². The minimum absolute atomic E-state index is 0.0703. The molecule has 0 aromatic heterocycles. The van der Waals surface area contributed by atoms with Gasteiger partial charge in [-0.25, -0.2) is 0 Å². The van der Waals surface area contributed by atoms with Gasteiger partial charge >= 0.3 is 0 Å². The van der Waals surface area contributed by atoms with Crippen molar-refractivity contribution in [1.82, 2.24) is 0 Å². The van der Waals surface area contributed by atoms with Crippen LogP contribution in [0.1, 0.15) is 12.5 Å². The van der Waals surface area contributed by atoms with E-state index in [1.165, 1.54) is 0 Å². The number of amides is 1. The summed E-state index contributed by atoms with van der Waals surface area (Å²) in [6.45, 7) is 3.82. The summed E-state index contributed by atoms with van der Waals surface area (Å²) >= 11 is 1.55. The van der Waals surface area contributed by atoms with Crippen molar-refractivity contribution < 1.29 is 4.79 Å². The summed E-state index contributed by atoms with van der Waals surface area (Å²) < 4.78 is 0. The molecule has 1 amide bonds. The second-order valence-electron chi connectivity index (χ2n) is 4.56. The molecular weight excluding hydrogens is 266 g/mol. The van der Waals surface area contributed by atoms with E-state index in [1.54, 1.807) is 11.8 Å². The van der Waals surface area contributed by atoms with Crippen molar-refractivity contribution in [1.29, 1.82) is 0 Å². The van der Waals surface area contributed by atoms with Crippen LogP contribution in [0.15, 0.2) is 70.5 Å². The first-order valence-corrected chi connectivity index (χ1v) is 7.29. The predicted octanol–water partition coefficient (Wildman–Crippen LogP) is 4.63. The Kier molecular flexibility index (Phi) is 5.02. The molecule has 0 spiro atoms. The van der Waals surface area contributed by atoms with Crippen LogP contribution in [-0.2, 0) is 4.79 Å². The fraction of sp³-hybridized carbons (Fsp3) is 0.118. The lowest BCUT2D eigenvalue weighted by Crippen LogP contribution is -2.12. The van der Waals surface area contributed by atoms with Gasteiger partial charge < -0.3 is 5.32 Å². The molecular formula is C17H17NOS. The number of benzene rings is 2. The van der Waals surface area contributed by atoms with Crippen LogP contribution in [0.25, 0.3) is 0 Å². The lowest BCUT2D eigenvalue weighted by molar-refractivity contribution is -0.112. The topological polar surface area (TPSA) is 29.1 Å². The minimum Gasteiger partial charge on any atom is -0.322 e. The second-order valence-corrected chi connectivity index (χ2v) is 5.50. The van der Waals surface area contributed by atoms with Gasteiger partial charge in [-0.3, -0.25) is 4.79 Å². The highest BCUT2D eigenvalue weighted by Gasteiger charge is 2.04. The molecule has 3 heteroatoms. The quantitative estimate of drug-likeness (QED) is 0.654. The predicted molar refractivity (Wildman–Crippen MR) is 85.9 cm³/mol. The first-order valence-electron chi connectivity index (χ1n) is 6.41. The average molecular weight is 283 g/mol. The fourth-order valence-electron chi connectivity index (χ4n) is 1.66. The Hall–Kier alpha value is -2.00. The summed E-state index contributed by atoms with van der Waals surface area (Å²) in [5, 5.41) is 4.77. The molecule has 2 rings (SSSR count).